The average molecular weight is 326 g/mol. The number of nitrogens with zero attached hydrogens (tertiary/aromatic N) is 3. The van der Waals surface area contributed by atoms with Crippen LogP contribution in [0.1, 0.15) is 56.0 Å². The Morgan fingerprint density at radius 1 is 1.17 bits per heavy atom. The fourth-order valence-electron chi connectivity index (χ4n) is 3.30. The molecule has 1 atom stereocenters. The van der Waals surface area contributed by atoms with Crippen LogP contribution in [0.5, 0.6) is 0 Å². The maximum atomic E-state index is 12.3. The highest BCUT2D eigenvalue weighted by atomic mass is 16.1. The van der Waals surface area contributed by atoms with Crippen molar-refractivity contribution in [3.05, 3.63) is 47.0 Å². The second kappa shape index (κ2) is 7.16. The monoisotopic (exact) mass is 326 g/mol. The van der Waals surface area contributed by atoms with E-state index in [9.17, 15) is 4.79 Å². The SMILES string of the molecule is CC(C)Cc1ccc(CC(=O)N[C@@H](C)c2nnc3n2CCC3)cc1. The van der Waals surface area contributed by atoms with Crippen molar-refractivity contribution in [3.8, 4) is 0 Å². The molecule has 5 heteroatoms. The molecule has 3 rings (SSSR count). The van der Waals surface area contributed by atoms with Crippen LogP contribution in [-0.4, -0.2) is 20.7 Å². The highest BCUT2D eigenvalue weighted by Gasteiger charge is 2.22. The van der Waals surface area contributed by atoms with Crippen LogP contribution in [0.3, 0.4) is 0 Å². The zero-order valence-electron chi connectivity index (χ0n) is 14.7. The topological polar surface area (TPSA) is 59.8 Å². The van der Waals surface area contributed by atoms with Crippen molar-refractivity contribution in [2.45, 2.75) is 59.0 Å². The zero-order valence-corrected chi connectivity index (χ0v) is 14.7. The van der Waals surface area contributed by atoms with Crippen LogP contribution in [0, 0.1) is 5.92 Å². The second-order valence-electron chi connectivity index (χ2n) is 7.11. The lowest BCUT2D eigenvalue weighted by atomic mass is 10.0. The second-order valence-corrected chi connectivity index (χ2v) is 7.11. The van der Waals surface area contributed by atoms with E-state index in [4.69, 9.17) is 0 Å². The molecule has 0 aliphatic carbocycles. The molecule has 24 heavy (non-hydrogen) atoms. The van der Waals surface area contributed by atoms with E-state index in [1.165, 1.54) is 5.56 Å². The maximum Gasteiger partial charge on any atom is 0.224 e. The summed E-state index contributed by atoms with van der Waals surface area (Å²) in [6.45, 7) is 7.35. The number of nitrogens with one attached hydrogen (secondary N) is 1. The molecule has 2 heterocycles. The molecule has 128 valence electrons. The average Bonchev–Trinajstić information content (AvgIpc) is 3.11. The van der Waals surface area contributed by atoms with Crippen molar-refractivity contribution < 1.29 is 4.79 Å². The number of carbonyl (C=O) groups is 1. The van der Waals surface area contributed by atoms with E-state index in [1.54, 1.807) is 0 Å². The molecule has 1 amide bonds. The summed E-state index contributed by atoms with van der Waals surface area (Å²) in [4.78, 5) is 12.3. The first kappa shape index (κ1) is 16.7. The lowest BCUT2D eigenvalue weighted by Gasteiger charge is -2.14. The van der Waals surface area contributed by atoms with E-state index in [1.807, 2.05) is 6.92 Å². The van der Waals surface area contributed by atoms with Crippen LogP contribution >= 0.6 is 0 Å². The van der Waals surface area contributed by atoms with Crippen molar-refractivity contribution in [2.24, 2.45) is 5.92 Å². The number of fused-ring (bicyclic) bond motifs is 1. The van der Waals surface area contributed by atoms with E-state index in [0.717, 1.165) is 43.0 Å². The fourth-order valence-corrected chi connectivity index (χ4v) is 3.30. The van der Waals surface area contributed by atoms with Gasteiger partial charge in [-0.25, -0.2) is 0 Å². The van der Waals surface area contributed by atoms with Gasteiger partial charge < -0.3 is 9.88 Å². The Morgan fingerprint density at radius 3 is 2.58 bits per heavy atom. The molecule has 0 fully saturated rings. The predicted octanol–water partition coefficient (Wildman–Crippen LogP) is 2.84. The number of rotatable bonds is 6. The molecular weight excluding hydrogens is 300 g/mol. The molecule has 0 saturated heterocycles. The van der Waals surface area contributed by atoms with Crippen molar-refractivity contribution >= 4 is 5.91 Å². The summed E-state index contributed by atoms with van der Waals surface area (Å²) in [6.07, 6.45) is 3.56. The van der Waals surface area contributed by atoms with E-state index in [2.05, 4.69) is 58.2 Å². The Bertz CT molecular complexity index is 703. The smallest absolute Gasteiger partial charge is 0.224 e. The van der Waals surface area contributed by atoms with Crippen molar-refractivity contribution in [3.63, 3.8) is 0 Å². The third kappa shape index (κ3) is 3.83. The van der Waals surface area contributed by atoms with Crippen molar-refractivity contribution in [1.82, 2.24) is 20.1 Å². The first-order valence-corrected chi connectivity index (χ1v) is 8.82. The van der Waals surface area contributed by atoms with Crippen LogP contribution in [0.4, 0.5) is 0 Å². The summed E-state index contributed by atoms with van der Waals surface area (Å²) in [7, 11) is 0. The molecule has 0 unspecified atom stereocenters. The molecular formula is C19H26N4O. The van der Waals surface area contributed by atoms with Crippen LogP contribution in [0.25, 0.3) is 0 Å². The summed E-state index contributed by atoms with van der Waals surface area (Å²) >= 11 is 0. The van der Waals surface area contributed by atoms with Gasteiger partial charge in [-0.3, -0.25) is 4.79 Å². The highest BCUT2D eigenvalue weighted by Crippen LogP contribution is 2.19. The van der Waals surface area contributed by atoms with Gasteiger partial charge in [0, 0.05) is 13.0 Å². The Kier molecular flexibility index (Phi) is 4.97. The number of amides is 1. The molecule has 1 aromatic heterocycles. The third-order valence-corrected chi connectivity index (χ3v) is 4.43. The number of aromatic nitrogens is 3. The summed E-state index contributed by atoms with van der Waals surface area (Å²) in [6, 6.07) is 8.24. The molecule has 1 aliphatic heterocycles. The Morgan fingerprint density at radius 2 is 1.88 bits per heavy atom. The maximum absolute atomic E-state index is 12.3. The van der Waals surface area contributed by atoms with Gasteiger partial charge in [0.05, 0.1) is 12.5 Å². The number of carbonyl (C=O) groups excluding carboxylic acids is 1. The lowest BCUT2D eigenvalue weighted by molar-refractivity contribution is -0.121. The van der Waals surface area contributed by atoms with Gasteiger partial charge in [-0.1, -0.05) is 38.1 Å². The Balaban J connectivity index is 1.57. The van der Waals surface area contributed by atoms with Crippen LogP contribution < -0.4 is 5.32 Å². The zero-order chi connectivity index (χ0) is 17.1. The van der Waals surface area contributed by atoms with Crippen molar-refractivity contribution in [1.29, 1.82) is 0 Å². The number of hydrogen-bond donors (Lipinski definition) is 1. The van der Waals surface area contributed by atoms with Crippen LogP contribution in [0.15, 0.2) is 24.3 Å². The summed E-state index contributed by atoms with van der Waals surface area (Å²) in [5.74, 6) is 2.56. The fraction of sp³-hybridized carbons (Fsp3) is 0.526. The normalized spacial score (nSPS) is 14.7. The molecule has 0 radical (unpaired) electrons. The predicted molar refractivity (Wildman–Crippen MR) is 93.6 cm³/mol. The molecule has 1 aliphatic rings. The first-order chi connectivity index (χ1) is 11.5. The van der Waals surface area contributed by atoms with E-state index < -0.39 is 0 Å². The van der Waals surface area contributed by atoms with Gasteiger partial charge in [-0.2, -0.15) is 0 Å². The van der Waals surface area contributed by atoms with Gasteiger partial charge in [0.25, 0.3) is 0 Å². The van der Waals surface area contributed by atoms with Gasteiger partial charge >= 0.3 is 0 Å². The first-order valence-electron chi connectivity index (χ1n) is 8.82. The van der Waals surface area contributed by atoms with Crippen LogP contribution in [-0.2, 0) is 30.6 Å². The summed E-state index contributed by atoms with van der Waals surface area (Å²) < 4.78 is 2.13. The molecule has 0 saturated carbocycles. The quantitative estimate of drug-likeness (QED) is 0.888. The minimum absolute atomic E-state index is 0.0226. The molecule has 0 spiro atoms. The largest absolute Gasteiger partial charge is 0.346 e. The van der Waals surface area contributed by atoms with Gasteiger partial charge in [-0.15, -0.1) is 10.2 Å². The van der Waals surface area contributed by atoms with Gasteiger partial charge in [0.2, 0.25) is 5.91 Å². The summed E-state index contributed by atoms with van der Waals surface area (Å²) in [5.41, 5.74) is 2.36. The Labute approximate surface area is 143 Å². The molecule has 2 aromatic rings. The third-order valence-electron chi connectivity index (χ3n) is 4.43. The van der Waals surface area contributed by atoms with Crippen molar-refractivity contribution in [2.75, 3.05) is 0 Å². The molecule has 5 nitrogen and oxygen atoms in total. The minimum atomic E-state index is -0.114. The molecule has 1 aromatic carbocycles. The Hall–Kier alpha value is -2.17. The minimum Gasteiger partial charge on any atom is -0.346 e. The van der Waals surface area contributed by atoms with Gasteiger partial charge in [-0.05, 0) is 36.8 Å². The van der Waals surface area contributed by atoms with E-state index in [0.29, 0.717) is 12.3 Å². The molecule has 0 bridgehead atoms. The van der Waals surface area contributed by atoms with Gasteiger partial charge in [0.15, 0.2) is 5.82 Å². The van der Waals surface area contributed by atoms with E-state index in [-0.39, 0.29) is 11.9 Å². The summed E-state index contributed by atoms with van der Waals surface area (Å²) in [5, 5.41) is 11.5. The standard InChI is InChI=1S/C19H26N4O/c1-13(2)11-15-6-8-16(9-7-15)12-18(24)20-14(3)19-22-21-17-5-4-10-23(17)19/h6-9,13-14H,4-5,10-12H2,1-3H3,(H,20,24)/t14-/m0/s1. The highest BCUT2D eigenvalue weighted by molar-refractivity contribution is 5.78. The van der Waals surface area contributed by atoms with Gasteiger partial charge in [0.1, 0.15) is 5.82 Å². The van der Waals surface area contributed by atoms with E-state index >= 15 is 0 Å². The number of hydrogen-bond acceptors (Lipinski definition) is 3. The molecule has 1 N–H and O–H groups in total. The number of benzene rings is 1. The lowest BCUT2D eigenvalue weighted by Crippen LogP contribution is -2.30. The number of aryl methyl sites for hydroxylation is 1. The van der Waals surface area contributed by atoms with Crippen LogP contribution in [0.2, 0.25) is 0 Å².